The highest BCUT2D eigenvalue weighted by molar-refractivity contribution is 5.75. The number of carbonyl (C=O) groups is 1. The molecule has 0 fully saturated rings. The lowest BCUT2D eigenvalue weighted by molar-refractivity contribution is -0.159. The number of anilines is 1. The largest absolute Gasteiger partial charge is 0.464 e. The summed E-state index contributed by atoms with van der Waals surface area (Å²) in [5, 5.41) is 19.2. The number of nitrogens with two attached hydrogens (primary N) is 1. The molecule has 0 radical (unpaired) electrons. The van der Waals surface area contributed by atoms with Gasteiger partial charge in [-0.25, -0.2) is 9.18 Å². The van der Waals surface area contributed by atoms with Crippen molar-refractivity contribution in [3.63, 3.8) is 0 Å². The van der Waals surface area contributed by atoms with Crippen molar-refractivity contribution in [2.24, 2.45) is 5.84 Å². The van der Waals surface area contributed by atoms with Gasteiger partial charge < -0.3 is 20.4 Å². The van der Waals surface area contributed by atoms with Gasteiger partial charge in [-0.2, -0.15) is 0 Å². The number of nitrogen functional groups attached to an aromatic ring is 1. The fourth-order valence-corrected chi connectivity index (χ4v) is 1.37. The van der Waals surface area contributed by atoms with Gasteiger partial charge in [-0.05, 0) is 24.6 Å². The molecule has 0 saturated carbocycles. The molecule has 0 heterocycles. The molecule has 2 atom stereocenters. The van der Waals surface area contributed by atoms with E-state index < -0.39 is 24.0 Å². The Morgan fingerprint density at radius 1 is 1.56 bits per heavy atom. The SMILES string of the molecule is CCOC(=O)C(O)C(O)c1ccc(NN)c(F)c1. The van der Waals surface area contributed by atoms with Crippen LogP contribution in [0.25, 0.3) is 0 Å². The van der Waals surface area contributed by atoms with E-state index in [1.165, 1.54) is 12.1 Å². The average molecular weight is 258 g/mol. The average Bonchev–Trinajstić information content (AvgIpc) is 2.37. The molecule has 100 valence electrons. The third kappa shape index (κ3) is 3.16. The van der Waals surface area contributed by atoms with Crippen molar-refractivity contribution in [1.29, 1.82) is 0 Å². The first-order chi connectivity index (χ1) is 8.51. The van der Waals surface area contributed by atoms with Crippen LogP contribution in [0.5, 0.6) is 0 Å². The zero-order valence-corrected chi connectivity index (χ0v) is 9.76. The van der Waals surface area contributed by atoms with Gasteiger partial charge in [0.05, 0.1) is 12.3 Å². The predicted octanol–water partition coefficient (Wildman–Crippen LogP) is 0.0687. The summed E-state index contributed by atoms with van der Waals surface area (Å²) >= 11 is 0. The molecule has 18 heavy (non-hydrogen) atoms. The van der Waals surface area contributed by atoms with Crippen molar-refractivity contribution in [1.82, 2.24) is 0 Å². The smallest absolute Gasteiger partial charge is 0.338 e. The van der Waals surface area contributed by atoms with Crippen LogP contribution in [-0.4, -0.2) is 28.9 Å². The number of aliphatic hydroxyl groups excluding tert-OH is 2. The van der Waals surface area contributed by atoms with Gasteiger partial charge in [-0.1, -0.05) is 6.07 Å². The van der Waals surface area contributed by atoms with E-state index in [4.69, 9.17) is 5.84 Å². The van der Waals surface area contributed by atoms with Crippen LogP contribution in [0.3, 0.4) is 0 Å². The Hall–Kier alpha value is -1.70. The maximum absolute atomic E-state index is 13.4. The van der Waals surface area contributed by atoms with Crippen LogP contribution >= 0.6 is 0 Å². The number of benzene rings is 1. The number of hydrogen-bond donors (Lipinski definition) is 4. The fraction of sp³-hybridized carbons (Fsp3) is 0.364. The minimum Gasteiger partial charge on any atom is -0.464 e. The molecule has 5 N–H and O–H groups in total. The monoisotopic (exact) mass is 258 g/mol. The molecule has 0 aliphatic rings. The normalized spacial score (nSPS) is 13.8. The van der Waals surface area contributed by atoms with E-state index in [1.807, 2.05) is 0 Å². The topological polar surface area (TPSA) is 105 Å². The zero-order valence-electron chi connectivity index (χ0n) is 9.76. The van der Waals surface area contributed by atoms with Crippen LogP contribution in [0.1, 0.15) is 18.6 Å². The summed E-state index contributed by atoms with van der Waals surface area (Å²) in [5.74, 6) is 3.38. The van der Waals surface area contributed by atoms with Crippen molar-refractivity contribution < 1.29 is 24.1 Å². The summed E-state index contributed by atoms with van der Waals surface area (Å²) < 4.78 is 17.9. The van der Waals surface area contributed by atoms with Crippen LogP contribution in [0.15, 0.2) is 18.2 Å². The highest BCUT2D eigenvalue weighted by atomic mass is 19.1. The van der Waals surface area contributed by atoms with Gasteiger partial charge in [-0.15, -0.1) is 0 Å². The Labute approximate surface area is 103 Å². The van der Waals surface area contributed by atoms with Gasteiger partial charge in [0.15, 0.2) is 6.10 Å². The van der Waals surface area contributed by atoms with Gasteiger partial charge in [0.2, 0.25) is 0 Å². The van der Waals surface area contributed by atoms with Gasteiger partial charge in [0.25, 0.3) is 0 Å². The molecule has 1 aromatic carbocycles. The number of rotatable bonds is 5. The lowest BCUT2D eigenvalue weighted by atomic mass is 10.0. The lowest BCUT2D eigenvalue weighted by Gasteiger charge is -2.17. The highest BCUT2D eigenvalue weighted by Gasteiger charge is 2.27. The molecule has 0 spiro atoms. The summed E-state index contributed by atoms with van der Waals surface area (Å²) in [7, 11) is 0. The molecule has 6 nitrogen and oxygen atoms in total. The van der Waals surface area contributed by atoms with E-state index in [0.29, 0.717) is 0 Å². The van der Waals surface area contributed by atoms with E-state index in [-0.39, 0.29) is 17.9 Å². The standard InChI is InChI=1S/C11H15FN2O4/c1-2-18-11(17)10(16)9(15)6-3-4-8(14-13)7(12)5-6/h3-5,9-10,14-16H,2,13H2,1H3. The Balaban J connectivity index is 2.86. The number of aliphatic hydroxyl groups is 2. The van der Waals surface area contributed by atoms with Crippen LogP contribution in [0, 0.1) is 5.82 Å². The first-order valence-corrected chi connectivity index (χ1v) is 5.30. The summed E-state index contributed by atoms with van der Waals surface area (Å²) in [5.41, 5.74) is 2.21. The van der Waals surface area contributed by atoms with E-state index in [1.54, 1.807) is 6.92 Å². The molecule has 7 heteroatoms. The number of ether oxygens (including phenoxy) is 1. The van der Waals surface area contributed by atoms with Crippen molar-refractivity contribution in [2.75, 3.05) is 12.0 Å². The van der Waals surface area contributed by atoms with Crippen molar-refractivity contribution in [2.45, 2.75) is 19.1 Å². The van der Waals surface area contributed by atoms with Crippen molar-refractivity contribution >= 4 is 11.7 Å². The lowest BCUT2D eigenvalue weighted by Crippen LogP contribution is -2.30. The van der Waals surface area contributed by atoms with E-state index in [0.717, 1.165) is 6.07 Å². The number of hydrogen-bond acceptors (Lipinski definition) is 6. The molecule has 0 aliphatic heterocycles. The maximum atomic E-state index is 13.4. The molecule has 0 saturated heterocycles. The Morgan fingerprint density at radius 2 is 2.22 bits per heavy atom. The quantitative estimate of drug-likeness (QED) is 0.338. The van der Waals surface area contributed by atoms with Crippen molar-refractivity contribution in [3.05, 3.63) is 29.6 Å². The van der Waals surface area contributed by atoms with Crippen LogP contribution in [-0.2, 0) is 9.53 Å². The van der Waals surface area contributed by atoms with Crippen LogP contribution in [0.2, 0.25) is 0 Å². The number of esters is 1. The number of carbonyl (C=O) groups excluding carboxylic acids is 1. The summed E-state index contributed by atoms with van der Waals surface area (Å²) in [6, 6.07) is 3.60. The zero-order chi connectivity index (χ0) is 13.7. The van der Waals surface area contributed by atoms with Gasteiger partial charge >= 0.3 is 5.97 Å². The Kier molecular flexibility index (Phi) is 5.02. The number of halogens is 1. The van der Waals surface area contributed by atoms with Crippen LogP contribution in [0.4, 0.5) is 10.1 Å². The second kappa shape index (κ2) is 6.29. The number of nitrogens with one attached hydrogen (secondary N) is 1. The molecule has 0 amide bonds. The molecular weight excluding hydrogens is 243 g/mol. The molecule has 0 aliphatic carbocycles. The molecule has 1 aromatic rings. The van der Waals surface area contributed by atoms with Crippen LogP contribution < -0.4 is 11.3 Å². The summed E-state index contributed by atoms with van der Waals surface area (Å²) in [6.07, 6.45) is -3.33. The second-order valence-electron chi connectivity index (χ2n) is 3.53. The highest BCUT2D eigenvalue weighted by Crippen LogP contribution is 2.22. The first kappa shape index (κ1) is 14.4. The van der Waals surface area contributed by atoms with Gasteiger partial charge in [0.1, 0.15) is 11.9 Å². The maximum Gasteiger partial charge on any atom is 0.338 e. The molecule has 1 rings (SSSR count). The number of hydrazine groups is 1. The minimum absolute atomic E-state index is 0.0385. The van der Waals surface area contributed by atoms with Gasteiger partial charge in [0, 0.05) is 0 Å². The second-order valence-corrected chi connectivity index (χ2v) is 3.53. The molecule has 0 bridgehead atoms. The molecule has 2 unspecified atom stereocenters. The summed E-state index contributed by atoms with van der Waals surface area (Å²) in [6.45, 7) is 1.64. The van der Waals surface area contributed by atoms with E-state index in [9.17, 15) is 19.4 Å². The summed E-state index contributed by atoms with van der Waals surface area (Å²) in [4.78, 5) is 11.2. The Bertz CT molecular complexity index is 428. The molecule has 0 aromatic heterocycles. The third-order valence-corrected chi connectivity index (χ3v) is 2.32. The van der Waals surface area contributed by atoms with Crippen molar-refractivity contribution in [3.8, 4) is 0 Å². The minimum atomic E-state index is -1.76. The predicted molar refractivity (Wildman–Crippen MR) is 61.8 cm³/mol. The third-order valence-electron chi connectivity index (χ3n) is 2.32. The first-order valence-electron chi connectivity index (χ1n) is 5.30. The molecular formula is C11H15FN2O4. The van der Waals surface area contributed by atoms with E-state index >= 15 is 0 Å². The van der Waals surface area contributed by atoms with E-state index in [2.05, 4.69) is 10.2 Å². The Morgan fingerprint density at radius 3 is 2.72 bits per heavy atom. The fourth-order valence-electron chi connectivity index (χ4n) is 1.37. The van der Waals surface area contributed by atoms with Gasteiger partial charge in [-0.3, -0.25) is 5.84 Å².